The molecule has 182 valence electrons. The van der Waals surface area contributed by atoms with Crippen LogP contribution < -0.4 is 9.64 Å². The van der Waals surface area contributed by atoms with E-state index in [0.717, 1.165) is 42.8 Å². The maximum Gasteiger partial charge on any atom is 0.276 e. The molecule has 0 saturated heterocycles. The summed E-state index contributed by atoms with van der Waals surface area (Å²) >= 11 is 2.30. The van der Waals surface area contributed by atoms with Gasteiger partial charge < -0.3 is 14.7 Å². The molecular weight excluding hydrogens is 549 g/mol. The molecule has 35 heavy (non-hydrogen) atoms. The van der Waals surface area contributed by atoms with Crippen LogP contribution in [0.1, 0.15) is 75.3 Å². The number of phenolic OH excluding ortho intramolecular Hbond substituents is 1. The van der Waals surface area contributed by atoms with E-state index in [2.05, 4.69) is 88.4 Å². The molecule has 5 heteroatoms. The Morgan fingerprint density at radius 1 is 0.943 bits per heavy atom. The number of rotatable bonds is 1. The minimum Gasteiger partial charge on any atom is -0.507 e. The van der Waals surface area contributed by atoms with Gasteiger partial charge in [-0.2, -0.15) is 0 Å². The van der Waals surface area contributed by atoms with E-state index in [1.165, 1.54) is 0 Å². The highest BCUT2D eigenvalue weighted by Gasteiger charge is 2.62. The molecule has 4 nitrogen and oxygen atoms in total. The summed E-state index contributed by atoms with van der Waals surface area (Å²) in [6.45, 7) is 12.7. The number of fused-ring (bicyclic) bond motifs is 3. The van der Waals surface area contributed by atoms with Crippen LogP contribution in [0.4, 0.5) is 5.69 Å². The molecule has 0 bridgehead atoms. The number of hydrogen-bond acceptors (Lipinski definition) is 3. The van der Waals surface area contributed by atoms with Crippen molar-refractivity contribution in [2.24, 2.45) is 0 Å². The van der Waals surface area contributed by atoms with Crippen LogP contribution >= 0.6 is 22.6 Å². The second kappa shape index (κ2) is 7.73. The summed E-state index contributed by atoms with van der Waals surface area (Å²) in [6, 6.07) is 18.2. The number of nitrogens with zero attached hydrogens (tertiary/aromatic N) is 1. The molecule has 2 atom stereocenters. The number of halogens is 1. The van der Waals surface area contributed by atoms with Crippen LogP contribution in [0.15, 0.2) is 54.6 Å². The van der Waals surface area contributed by atoms with Crippen LogP contribution in [0.3, 0.4) is 0 Å². The summed E-state index contributed by atoms with van der Waals surface area (Å²) < 4.78 is 7.77. The van der Waals surface area contributed by atoms with Crippen molar-refractivity contribution in [1.29, 1.82) is 0 Å². The van der Waals surface area contributed by atoms with Gasteiger partial charge in [0.05, 0.1) is 11.6 Å². The number of para-hydroxylation sites is 1. The molecule has 0 saturated carbocycles. The summed E-state index contributed by atoms with van der Waals surface area (Å²) in [5, 5.41) is 11.4. The first kappa shape index (κ1) is 24.2. The molecule has 3 aromatic carbocycles. The highest BCUT2D eigenvalue weighted by Crippen LogP contribution is 2.59. The predicted octanol–water partition coefficient (Wildman–Crippen LogP) is 6.99. The van der Waals surface area contributed by atoms with Crippen molar-refractivity contribution < 1.29 is 14.6 Å². The number of likely N-dealkylation sites (N-methyl/N-ethyl adjacent to an activating group) is 1. The Balaban J connectivity index is 1.87. The molecular formula is C30H32INO3. The molecule has 0 fully saturated rings. The molecule has 5 rings (SSSR count). The Kier molecular flexibility index (Phi) is 5.34. The highest BCUT2D eigenvalue weighted by atomic mass is 127. The van der Waals surface area contributed by atoms with Crippen molar-refractivity contribution in [3.05, 3.63) is 86.0 Å². The monoisotopic (exact) mass is 581 g/mol. The fourth-order valence-electron chi connectivity index (χ4n) is 5.59. The van der Waals surface area contributed by atoms with Crippen LogP contribution in [-0.4, -0.2) is 18.1 Å². The van der Waals surface area contributed by atoms with Gasteiger partial charge in [-0.15, -0.1) is 0 Å². The van der Waals surface area contributed by atoms with E-state index in [0.29, 0.717) is 5.75 Å². The number of benzene rings is 3. The van der Waals surface area contributed by atoms with Crippen molar-refractivity contribution in [3.8, 4) is 11.5 Å². The number of hydrogen-bond donors (Lipinski definition) is 1. The topological polar surface area (TPSA) is 49.8 Å². The van der Waals surface area contributed by atoms with Crippen molar-refractivity contribution in [1.82, 2.24) is 0 Å². The van der Waals surface area contributed by atoms with E-state index in [-0.39, 0.29) is 22.7 Å². The number of aromatic hydroxyl groups is 1. The van der Waals surface area contributed by atoms with Gasteiger partial charge in [-0.1, -0.05) is 71.9 Å². The van der Waals surface area contributed by atoms with Gasteiger partial charge in [0.2, 0.25) is 5.60 Å². The van der Waals surface area contributed by atoms with Crippen LogP contribution in [0, 0.1) is 3.57 Å². The minimum atomic E-state index is -1.20. The zero-order valence-corrected chi connectivity index (χ0v) is 23.5. The van der Waals surface area contributed by atoms with Gasteiger partial charge in [0.1, 0.15) is 11.5 Å². The zero-order chi connectivity index (χ0) is 25.5. The third kappa shape index (κ3) is 3.49. The van der Waals surface area contributed by atoms with Gasteiger partial charge in [-0.25, -0.2) is 0 Å². The average Bonchev–Trinajstić information content (AvgIpc) is 3.21. The Bertz CT molecular complexity index is 1330. The number of carbonyl (C=O) groups is 1. The standard InChI is InChI=1S/C30H32INO3/c1-28(2,3)21-14-17(15-22(26(21)33)29(4,5)6)25-19-10-8-9-11-24(19)35-30(25)20-16-18(31)12-13-23(20)32(7)27(30)34/h8-16,25,33H,1-7H3/t25-,30+/m1/s1. The number of anilines is 1. The second-order valence-corrected chi connectivity index (χ2v) is 13.0. The molecule has 0 radical (unpaired) electrons. The molecule has 0 unspecified atom stereocenters. The molecule has 0 aliphatic carbocycles. The molecule has 1 spiro atoms. The van der Waals surface area contributed by atoms with E-state index < -0.39 is 5.60 Å². The minimum absolute atomic E-state index is 0.0709. The SMILES string of the molecule is CN1C(=O)[C@]2(Oc3ccccc3[C@H]2c2cc(C(C)(C)C)c(O)c(C(C)(C)C)c2)c2cc(I)ccc21. The molecule has 3 aromatic rings. The lowest BCUT2D eigenvalue weighted by molar-refractivity contribution is -0.132. The van der Waals surface area contributed by atoms with Gasteiger partial charge in [0.15, 0.2) is 0 Å². The van der Waals surface area contributed by atoms with Gasteiger partial charge in [0.25, 0.3) is 5.91 Å². The highest BCUT2D eigenvalue weighted by molar-refractivity contribution is 14.1. The normalized spacial score (nSPS) is 21.3. The predicted molar refractivity (Wildman–Crippen MR) is 149 cm³/mol. The Morgan fingerprint density at radius 2 is 1.54 bits per heavy atom. The molecule has 0 aromatic heterocycles. The van der Waals surface area contributed by atoms with E-state index in [1.807, 2.05) is 37.4 Å². The number of phenols is 1. The van der Waals surface area contributed by atoms with Gasteiger partial charge in [-0.05, 0) is 74.4 Å². The van der Waals surface area contributed by atoms with Crippen LogP contribution in [-0.2, 0) is 21.2 Å². The number of amides is 1. The Hall–Kier alpha value is -2.54. The van der Waals surface area contributed by atoms with Crippen LogP contribution in [0.2, 0.25) is 0 Å². The van der Waals surface area contributed by atoms with Crippen LogP contribution in [0.5, 0.6) is 11.5 Å². The largest absolute Gasteiger partial charge is 0.507 e. The molecule has 2 aliphatic rings. The van der Waals surface area contributed by atoms with E-state index in [1.54, 1.807) is 4.90 Å². The van der Waals surface area contributed by atoms with E-state index in [4.69, 9.17) is 4.74 Å². The van der Waals surface area contributed by atoms with Gasteiger partial charge in [-0.3, -0.25) is 4.79 Å². The fourth-order valence-corrected chi connectivity index (χ4v) is 6.09. The first-order valence-electron chi connectivity index (χ1n) is 12.0. The lowest BCUT2D eigenvalue weighted by Crippen LogP contribution is -2.45. The maximum atomic E-state index is 14.1. The lowest BCUT2D eigenvalue weighted by atomic mass is 9.71. The molecule has 2 heterocycles. The first-order chi connectivity index (χ1) is 16.3. The van der Waals surface area contributed by atoms with Gasteiger partial charge >= 0.3 is 0 Å². The third-order valence-electron chi connectivity index (χ3n) is 7.33. The molecule has 2 aliphatic heterocycles. The third-order valence-corrected chi connectivity index (χ3v) is 8.00. The van der Waals surface area contributed by atoms with E-state index >= 15 is 0 Å². The van der Waals surface area contributed by atoms with Crippen molar-refractivity contribution in [3.63, 3.8) is 0 Å². The fraction of sp³-hybridized carbons (Fsp3) is 0.367. The Labute approximate surface area is 221 Å². The van der Waals surface area contributed by atoms with Crippen LogP contribution in [0.25, 0.3) is 0 Å². The van der Waals surface area contributed by atoms with Crippen molar-refractivity contribution in [2.45, 2.75) is 63.9 Å². The maximum absolute atomic E-state index is 14.1. The number of carbonyl (C=O) groups excluding carboxylic acids is 1. The van der Waals surface area contributed by atoms with Crippen molar-refractivity contribution >= 4 is 34.2 Å². The quantitative estimate of drug-likeness (QED) is 0.316. The van der Waals surface area contributed by atoms with Gasteiger partial charge in [0, 0.05) is 21.7 Å². The Morgan fingerprint density at radius 3 is 2.14 bits per heavy atom. The molecule has 1 amide bonds. The summed E-state index contributed by atoms with van der Waals surface area (Å²) in [5.41, 5.74) is 3.73. The smallest absolute Gasteiger partial charge is 0.276 e. The van der Waals surface area contributed by atoms with E-state index in [9.17, 15) is 9.90 Å². The zero-order valence-electron chi connectivity index (χ0n) is 21.4. The summed E-state index contributed by atoms with van der Waals surface area (Å²) in [6.07, 6.45) is 0. The second-order valence-electron chi connectivity index (χ2n) is 11.8. The summed E-state index contributed by atoms with van der Waals surface area (Å²) in [4.78, 5) is 15.9. The lowest BCUT2D eigenvalue weighted by Gasteiger charge is -2.33. The van der Waals surface area contributed by atoms with Crippen molar-refractivity contribution in [2.75, 3.05) is 11.9 Å². The average molecular weight is 581 g/mol. The molecule has 1 N–H and O–H groups in total. The summed E-state index contributed by atoms with van der Waals surface area (Å²) in [5.74, 6) is 0.641. The number of ether oxygens (including phenoxy) is 1. The first-order valence-corrected chi connectivity index (χ1v) is 13.1. The summed E-state index contributed by atoms with van der Waals surface area (Å²) in [7, 11) is 1.82.